The minimum Gasteiger partial charge on any atom is -0.260 e. The van der Waals surface area contributed by atoms with Crippen molar-refractivity contribution in [3.8, 4) is 0 Å². The van der Waals surface area contributed by atoms with Crippen molar-refractivity contribution < 1.29 is 1.43 Å². The van der Waals surface area contributed by atoms with Gasteiger partial charge in [-0.15, -0.1) is 0 Å². The lowest BCUT2D eigenvalue weighted by molar-refractivity contribution is 0.922. The van der Waals surface area contributed by atoms with Gasteiger partial charge >= 0.3 is 0 Å². The highest BCUT2D eigenvalue weighted by molar-refractivity contribution is 5.82. The molecule has 19 heavy (non-hydrogen) atoms. The summed E-state index contributed by atoms with van der Waals surface area (Å²) in [6.07, 6.45) is 8.62. The van der Waals surface area contributed by atoms with E-state index in [-0.39, 0.29) is 1.43 Å². The van der Waals surface area contributed by atoms with Gasteiger partial charge in [-0.05, 0) is 30.7 Å². The maximum atomic E-state index is 4.60. The highest BCUT2D eigenvalue weighted by atomic mass is 15.2. The summed E-state index contributed by atoms with van der Waals surface area (Å²) in [4.78, 5) is 8.70. The van der Waals surface area contributed by atoms with Crippen LogP contribution in [0.1, 0.15) is 23.9 Å². The molecule has 0 N–H and O–H groups in total. The second-order valence-electron chi connectivity index (χ2n) is 4.78. The number of pyridine rings is 1. The van der Waals surface area contributed by atoms with E-state index in [4.69, 9.17) is 0 Å². The first-order valence-electron chi connectivity index (χ1n) is 6.28. The van der Waals surface area contributed by atoms with Crippen LogP contribution in [0.5, 0.6) is 0 Å². The normalized spacial score (nSPS) is 13.6. The monoisotopic (exact) mass is 250 g/mol. The second kappa shape index (κ2) is 3.75. The lowest BCUT2D eigenvalue weighted by Crippen LogP contribution is -1.98. The summed E-state index contributed by atoms with van der Waals surface area (Å²) in [5, 5.41) is 4.60. The Kier molecular flexibility index (Phi) is 2.06. The van der Waals surface area contributed by atoms with E-state index in [1.807, 2.05) is 24.5 Å². The Bertz CT molecular complexity index is 820. The zero-order valence-corrected chi connectivity index (χ0v) is 10.5. The SMILES string of the molecule is Cc1cnc2c(c1)C(c1ccc3nccn3n1)=CC2.[HH]. The van der Waals surface area contributed by atoms with Crippen molar-refractivity contribution in [1.29, 1.82) is 0 Å². The molecule has 1 aliphatic carbocycles. The summed E-state index contributed by atoms with van der Waals surface area (Å²) >= 11 is 0. The van der Waals surface area contributed by atoms with Crippen LogP contribution < -0.4 is 0 Å². The largest absolute Gasteiger partial charge is 0.260 e. The van der Waals surface area contributed by atoms with Gasteiger partial charge in [-0.25, -0.2) is 9.50 Å². The van der Waals surface area contributed by atoms with E-state index in [2.05, 4.69) is 34.1 Å². The van der Waals surface area contributed by atoms with E-state index >= 15 is 0 Å². The Morgan fingerprint density at radius 3 is 3.16 bits per heavy atom. The van der Waals surface area contributed by atoms with Gasteiger partial charge in [0.1, 0.15) is 0 Å². The molecule has 0 bridgehead atoms. The summed E-state index contributed by atoms with van der Waals surface area (Å²) in [5.74, 6) is 0. The molecule has 0 aromatic carbocycles. The topological polar surface area (TPSA) is 43.1 Å². The van der Waals surface area contributed by atoms with Crippen LogP contribution in [-0.4, -0.2) is 19.6 Å². The van der Waals surface area contributed by atoms with Gasteiger partial charge in [0.25, 0.3) is 0 Å². The smallest absolute Gasteiger partial charge is 0.153 e. The summed E-state index contributed by atoms with van der Waals surface area (Å²) < 4.78 is 1.80. The second-order valence-corrected chi connectivity index (χ2v) is 4.78. The van der Waals surface area contributed by atoms with E-state index < -0.39 is 0 Å². The molecular weight excluding hydrogens is 236 g/mol. The van der Waals surface area contributed by atoms with Gasteiger partial charge in [0.15, 0.2) is 5.65 Å². The van der Waals surface area contributed by atoms with Gasteiger partial charge in [-0.1, -0.05) is 6.08 Å². The molecule has 94 valence electrons. The molecule has 3 aromatic heterocycles. The summed E-state index contributed by atoms with van der Waals surface area (Å²) in [5.41, 5.74) is 6.51. The van der Waals surface area contributed by atoms with Crippen LogP contribution in [0, 0.1) is 6.92 Å². The molecule has 0 amide bonds. The molecule has 4 rings (SSSR count). The third-order valence-electron chi connectivity index (χ3n) is 3.43. The average molecular weight is 250 g/mol. The van der Waals surface area contributed by atoms with Gasteiger partial charge in [0.2, 0.25) is 0 Å². The van der Waals surface area contributed by atoms with Crippen LogP contribution in [0.3, 0.4) is 0 Å². The van der Waals surface area contributed by atoms with Crippen molar-refractivity contribution in [2.75, 3.05) is 0 Å². The third-order valence-corrected chi connectivity index (χ3v) is 3.43. The Balaban J connectivity index is 0.00000121. The Morgan fingerprint density at radius 1 is 1.26 bits per heavy atom. The lowest BCUT2D eigenvalue weighted by Gasteiger charge is -2.06. The number of imidazole rings is 1. The molecule has 0 unspecified atom stereocenters. The fraction of sp³-hybridized carbons (Fsp3) is 0.133. The molecule has 0 saturated carbocycles. The van der Waals surface area contributed by atoms with Crippen LogP contribution in [0.25, 0.3) is 11.2 Å². The van der Waals surface area contributed by atoms with Crippen molar-refractivity contribution in [1.82, 2.24) is 19.6 Å². The van der Waals surface area contributed by atoms with Crippen LogP contribution in [0.15, 0.2) is 42.9 Å². The van der Waals surface area contributed by atoms with E-state index in [1.165, 1.54) is 16.7 Å². The van der Waals surface area contributed by atoms with E-state index in [0.29, 0.717) is 0 Å². The lowest BCUT2D eigenvalue weighted by atomic mass is 10.1. The molecule has 1 aliphatic rings. The van der Waals surface area contributed by atoms with Crippen LogP contribution >= 0.6 is 0 Å². The van der Waals surface area contributed by atoms with Gasteiger partial charge < -0.3 is 0 Å². The van der Waals surface area contributed by atoms with E-state index in [9.17, 15) is 0 Å². The molecule has 0 radical (unpaired) electrons. The third kappa shape index (κ3) is 1.57. The van der Waals surface area contributed by atoms with Gasteiger partial charge in [0.05, 0.1) is 11.4 Å². The summed E-state index contributed by atoms with van der Waals surface area (Å²) in [6, 6.07) is 6.19. The Hall–Kier alpha value is -2.49. The first kappa shape index (κ1) is 10.4. The van der Waals surface area contributed by atoms with Gasteiger partial charge in [-0.3, -0.25) is 4.98 Å². The first-order chi connectivity index (χ1) is 9.31. The number of allylic oxidation sites excluding steroid dienone is 1. The highest BCUT2D eigenvalue weighted by Gasteiger charge is 2.18. The molecule has 0 aliphatic heterocycles. The molecule has 3 aromatic rings. The molecule has 0 spiro atoms. The van der Waals surface area contributed by atoms with Crippen molar-refractivity contribution in [2.45, 2.75) is 13.3 Å². The van der Waals surface area contributed by atoms with Gasteiger partial charge in [-0.2, -0.15) is 5.10 Å². The van der Waals surface area contributed by atoms with Crippen molar-refractivity contribution >= 4 is 11.2 Å². The molecule has 0 saturated heterocycles. The molecule has 0 fully saturated rings. The number of aryl methyl sites for hydroxylation is 1. The fourth-order valence-electron chi connectivity index (χ4n) is 2.50. The average Bonchev–Trinajstić information content (AvgIpc) is 3.03. The number of nitrogens with zero attached hydrogens (tertiary/aromatic N) is 4. The fourth-order valence-corrected chi connectivity index (χ4v) is 2.50. The highest BCUT2D eigenvalue weighted by Crippen LogP contribution is 2.30. The standard InChI is InChI=1S/C15H12N4.H2/c1-10-8-12-11(2-3-13(12)17-9-10)14-4-5-15-16-6-7-19(15)18-14;/h2,4-9H,3H2,1H3;1H. The van der Waals surface area contributed by atoms with Crippen molar-refractivity contribution in [3.63, 3.8) is 0 Å². The summed E-state index contributed by atoms with van der Waals surface area (Å²) in [7, 11) is 0. The number of hydrogen-bond acceptors (Lipinski definition) is 3. The Labute approximate surface area is 111 Å². The number of fused-ring (bicyclic) bond motifs is 2. The maximum Gasteiger partial charge on any atom is 0.153 e. The van der Waals surface area contributed by atoms with E-state index in [0.717, 1.165) is 23.5 Å². The number of rotatable bonds is 1. The quantitative estimate of drug-likeness (QED) is 0.667. The molecule has 4 heteroatoms. The molecule has 3 heterocycles. The van der Waals surface area contributed by atoms with Crippen molar-refractivity contribution in [2.24, 2.45) is 0 Å². The van der Waals surface area contributed by atoms with Crippen molar-refractivity contribution in [3.05, 3.63) is 65.4 Å². The maximum absolute atomic E-state index is 4.60. The van der Waals surface area contributed by atoms with Crippen LogP contribution in [0.2, 0.25) is 0 Å². The molecular formula is C15H14N4. The number of aromatic nitrogens is 4. The first-order valence-corrected chi connectivity index (χ1v) is 6.28. The zero-order chi connectivity index (χ0) is 12.8. The molecule has 4 nitrogen and oxygen atoms in total. The van der Waals surface area contributed by atoms with Gasteiger partial charge in [0, 0.05) is 37.6 Å². The zero-order valence-electron chi connectivity index (χ0n) is 10.5. The minimum absolute atomic E-state index is 0. The predicted octanol–water partition coefficient (Wildman–Crippen LogP) is 2.67. The molecule has 0 atom stereocenters. The summed E-state index contributed by atoms with van der Waals surface area (Å²) in [6.45, 7) is 2.07. The predicted molar refractivity (Wildman–Crippen MR) is 74.9 cm³/mol. The Morgan fingerprint density at radius 2 is 2.21 bits per heavy atom. The van der Waals surface area contributed by atoms with Crippen LogP contribution in [-0.2, 0) is 6.42 Å². The van der Waals surface area contributed by atoms with Crippen LogP contribution in [0.4, 0.5) is 0 Å². The number of hydrogen-bond donors (Lipinski definition) is 0. The minimum atomic E-state index is 0. The van der Waals surface area contributed by atoms with E-state index in [1.54, 1.807) is 10.7 Å².